The number of nitrogens with one attached hydrogen (secondary N) is 1. The quantitative estimate of drug-likeness (QED) is 0.826. The van der Waals surface area contributed by atoms with Crippen LogP contribution >= 0.6 is 0 Å². The molecule has 1 fully saturated rings. The molecule has 1 aliphatic heterocycles. The van der Waals surface area contributed by atoms with Crippen LogP contribution in [-0.2, 0) is 9.59 Å². The molecule has 2 rings (SSSR count). The van der Waals surface area contributed by atoms with Gasteiger partial charge in [0.2, 0.25) is 11.8 Å². The molecule has 0 spiro atoms. The minimum atomic E-state index is -0.185. The molecular weight excluding hydrogens is 254 g/mol. The van der Waals surface area contributed by atoms with E-state index in [-0.39, 0.29) is 24.3 Å². The molecule has 0 radical (unpaired) electrons. The molecule has 1 unspecified atom stereocenters. The average Bonchev–Trinajstić information content (AvgIpc) is 2.39. The molecule has 2 amide bonds. The predicted molar refractivity (Wildman–Crippen MR) is 79.2 cm³/mol. The Labute approximate surface area is 119 Å². The van der Waals surface area contributed by atoms with Crippen LogP contribution in [0.5, 0.6) is 0 Å². The normalized spacial score (nSPS) is 19.0. The van der Waals surface area contributed by atoms with Crippen LogP contribution in [0.4, 0.5) is 11.4 Å². The lowest BCUT2D eigenvalue weighted by Crippen LogP contribution is -2.44. The van der Waals surface area contributed by atoms with Crippen LogP contribution in [0.15, 0.2) is 18.2 Å². The van der Waals surface area contributed by atoms with Gasteiger partial charge in [-0.2, -0.15) is 0 Å². The van der Waals surface area contributed by atoms with Crippen molar-refractivity contribution >= 4 is 23.2 Å². The third-order valence-electron chi connectivity index (χ3n) is 3.70. The topological polar surface area (TPSA) is 75.4 Å². The van der Waals surface area contributed by atoms with Crippen molar-refractivity contribution in [1.29, 1.82) is 0 Å². The summed E-state index contributed by atoms with van der Waals surface area (Å²) >= 11 is 0. The first-order chi connectivity index (χ1) is 9.47. The van der Waals surface area contributed by atoms with Gasteiger partial charge in [-0.25, -0.2) is 0 Å². The Hall–Kier alpha value is -2.04. The molecule has 1 heterocycles. The van der Waals surface area contributed by atoms with Crippen molar-refractivity contribution in [3.05, 3.63) is 23.8 Å². The van der Waals surface area contributed by atoms with E-state index in [1.165, 1.54) is 0 Å². The van der Waals surface area contributed by atoms with Gasteiger partial charge >= 0.3 is 0 Å². The third kappa shape index (κ3) is 3.29. The Bertz CT molecular complexity index is 528. The van der Waals surface area contributed by atoms with Crippen LogP contribution in [-0.4, -0.2) is 29.8 Å². The van der Waals surface area contributed by atoms with E-state index in [1.807, 2.05) is 26.0 Å². The fourth-order valence-corrected chi connectivity index (χ4v) is 2.38. The molecule has 20 heavy (non-hydrogen) atoms. The molecule has 1 atom stereocenters. The first kappa shape index (κ1) is 14.4. The van der Waals surface area contributed by atoms with Crippen molar-refractivity contribution in [2.75, 3.05) is 24.1 Å². The van der Waals surface area contributed by atoms with Crippen molar-refractivity contribution in [2.24, 2.45) is 5.92 Å². The van der Waals surface area contributed by atoms with E-state index in [4.69, 9.17) is 5.73 Å². The van der Waals surface area contributed by atoms with Crippen LogP contribution in [0.3, 0.4) is 0 Å². The maximum Gasteiger partial charge on any atom is 0.243 e. The van der Waals surface area contributed by atoms with Crippen LogP contribution in [0.1, 0.15) is 25.3 Å². The molecule has 108 valence electrons. The van der Waals surface area contributed by atoms with Crippen LogP contribution in [0.2, 0.25) is 0 Å². The summed E-state index contributed by atoms with van der Waals surface area (Å²) in [4.78, 5) is 25.5. The van der Waals surface area contributed by atoms with E-state index in [1.54, 1.807) is 11.0 Å². The highest BCUT2D eigenvalue weighted by molar-refractivity contribution is 5.95. The van der Waals surface area contributed by atoms with Gasteiger partial charge in [-0.05, 0) is 37.5 Å². The Morgan fingerprint density at radius 1 is 1.50 bits per heavy atom. The minimum Gasteiger partial charge on any atom is -0.398 e. The fraction of sp³-hybridized carbons (Fsp3) is 0.467. The molecule has 1 saturated heterocycles. The van der Waals surface area contributed by atoms with Crippen molar-refractivity contribution in [1.82, 2.24) is 4.90 Å². The van der Waals surface area contributed by atoms with Gasteiger partial charge in [0.1, 0.15) is 0 Å². The van der Waals surface area contributed by atoms with E-state index in [2.05, 4.69) is 5.32 Å². The molecule has 0 bridgehead atoms. The van der Waals surface area contributed by atoms with Gasteiger partial charge in [0.05, 0.1) is 6.54 Å². The number of benzene rings is 1. The summed E-state index contributed by atoms with van der Waals surface area (Å²) in [5.41, 5.74) is 8.09. The van der Waals surface area contributed by atoms with Gasteiger partial charge in [-0.1, -0.05) is 13.0 Å². The highest BCUT2D eigenvalue weighted by Crippen LogP contribution is 2.18. The molecule has 1 aromatic carbocycles. The number of piperidine rings is 1. The molecule has 3 N–H and O–H groups in total. The van der Waals surface area contributed by atoms with E-state index in [0.29, 0.717) is 17.9 Å². The Morgan fingerprint density at radius 2 is 2.25 bits per heavy atom. The molecule has 0 aromatic heterocycles. The third-order valence-corrected chi connectivity index (χ3v) is 3.70. The van der Waals surface area contributed by atoms with Gasteiger partial charge < -0.3 is 16.0 Å². The number of anilines is 2. The zero-order valence-corrected chi connectivity index (χ0v) is 12.0. The summed E-state index contributed by atoms with van der Waals surface area (Å²) in [5.74, 6) is -0.0999. The highest BCUT2D eigenvalue weighted by atomic mass is 16.2. The minimum absolute atomic E-state index is 0.0200. The summed E-state index contributed by atoms with van der Waals surface area (Å²) in [6.07, 6.45) is 1.86. The van der Waals surface area contributed by atoms with E-state index in [0.717, 1.165) is 18.4 Å². The number of aryl methyl sites for hydroxylation is 1. The number of rotatable bonds is 3. The Morgan fingerprint density at radius 3 is 2.95 bits per heavy atom. The van der Waals surface area contributed by atoms with Gasteiger partial charge in [-0.15, -0.1) is 0 Å². The van der Waals surface area contributed by atoms with Gasteiger partial charge in [0.25, 0.3) is 0 Å². The number of carbonyl (C=O) groups excluding carboxylic acids is 2. The second kappa shape index (κ2) is 5.94. The summed E-state index contributed by atoms with van der Waals surface area (Å²) in [6, 6.07) is 5.40. The first-order valence-electron chi connectivity index (χ1n) is 6.92. The number of amides is 2. The molecule has 5 nitrogen and oxygen atoms in total. The molecule has 1 aliphatic rings. The predicted octanol–water partition coefficient (Wildman–Crippen LogP) is 1.77. The molecule has 1 aromatic rings. The molecule has 0 saturated carbocycles. The van der Waals surface area contributed by atoms with Crippen molar-refractivity contribution in [2.45, 2.75) is 26.7 Å². The standard InChI is InChI=1S/C15H21N3O2/c1-10-5-6-12(8-13(10)16)17-14(19)9-18-7-3-4-11(2)15(18)20/h5-6,8,11H,3-4,7,9,16H2,1-2H3,(H,17,19). The molecular formula is C15H21N3O2. The van der Waals surface area contributed by atoms with Crippen LogP contribution < -0.4 is 11.1 Å². The number of likely N-dealkylation sites (tertiary alicyclic amines) is 1. The lowest BCUT2D eigenvalue weighted by Gasteiger charge is -2.30. The second-order valence-electron chi connectivity index (χ2n) is 5.42. The summed E-state index contributed by atoms with van der Waals surface area (Å²) in [5, 5.41) is 2.78. The zero-order chi connectivity index (χ0) is 14.7. The fourth-order valence-electron chi connectivity index (χ4n) is 2.38. The van der Waals surface area contributed by atoms with E-state index < -0.39 is 0 Å². The summed E-state index contributed by atoms with van der Waals surface area (Å²) < 4.78 is 0. The Balaban J connectivity index is 1.95. The largest absolute Gasteiger partial charge is 0.398 e. The monoisotopic (exact) mass is 275 g/mol. The van der Waals surface area contributed by atoms with E-state index >= 15 is 0 Å². The number of carbonyl (C=O) groups is 2. The second-order valence-corrected chi connectivity index (χ2v) is 5.42. The maximum absolute atomic E-state index is 12.0. The SMILES string of the molecule is Cc1ccc(NC(=O)CN2CCCC(C)C2=O)cc1N. The smallest absolute Gasteiger partial charge is 0.243 e. The lowest BCUT2D eigenvalue weighted by molar-refractivity contribution is -0.140. The highest BCUT2D eigenvalue weighted by Gasteiger charge is 2.26. The van der Waals surface area contributed by atoms with Crippen LogP contribution in [0.25, 0.3) is 0 Å². The number of nitrogens with two attached hydrogens (primary N) is 1. The molecule has 0 aliphatic carbocycles. The number of hydrogen-bond donors (Lipinski definition) is 2. The van der Waals surface area contributed by atoms with Crippen molar-refractivity contribution in [3.8, 4) is 0 Å². The summed E-state index contributed by atoms with van der Waals surface area (Å²) in [6.45, 7) is 4.59. The Kier molecular flexibility index (Phi) is 4.27. The van der Waals surface area contributed by atoms with Crippen molar-refractivity contribution < 1.29 is 9.59 Å². The van der Waals surface area contributed by atoms with Gasteiger partial charge in [-0.3, -0.25) is 9.59 Å². The van der Waals surface area contributed by atoms with E-state index in [9.17, 15) is 9.59 Å². The van der Waals surface area contributed by atoms with Gasteiger partial charge in [0.15, 0.2) is 0 Å². The number of nitrogens with zero attached hydrogens (tertiary/aromatic N) is 1. The first-order valence-corrected chi connectivity index (χ1v) is 6.92. The summed E-state index contributed by atoms with van der Waals surface area (Å²) in [7, 11) is 0. The zero-order valence-electron chi connectivity index (χ0n) is 12.0. The van der Waals surface area contributed by atoms with Crippen LogP contribution in [0, 0.1) is 12.8 Å². The number of hydrogen-bond acceptors (Lipinski definition) is 3. The lowest BCUT2D eigenvalue weighted by atomic mass is 9.99. The molecule has 5 heteroatoms. The van der Waals surface area contributed by atoms with Crippen molar-refractivity contribution in [3.63, 3.8) is 0 Å². The number of nitrogen functional groups attached to an aromatic ring is 1. The average molecular weight is 275 g/mol. The van der Waals surface area contributed by atoms with Gasteiger partial charge in [0, 0.05) is 23.8 Å². The maximum atomic E-state index is 12.0.